The summed E-state index contributed by atoms with van der Waals surface area (Å²) in [5.74, 6) is 2.14. The van der Waals surface area contributed by atoms with Gasteiger partial charge in [0.25, 0.3) is 0 Å². The molecule has 2 fully saturated rings. The van der Waals surface area contributed by atoms with Crippen LogP contribution in [0.2, 0.25) is 0 Å². The van der Waals surface area contributed by atoms with Crippen molar-refractivity contribution in [2.75, 3.05) is 22.5 Å². The molecule has 31 heavy (non-hydrogen) atoms. The molecule has 1 aromatic carbocycles. The van der Waals surface area contributed by atoms with E-state index in [1.165, 1.54) is 6.07 Å². The first-order valence-corrected chi connectivity index (χ1v) is 10.3. The van der Waals surface area contributed by atoms with Crippen LogP contribution in [0.5, 0.6) is 0 Å². The van der Waals surface area contributed by atoms with Crippen LogP contribution >= 0.6 is 0 Å². The van der Waals surface area contributed by atoms with Crippen LogP contribution in [0.25, 0.3) is 0 Å². The number of anilines is 4. The number of nitrogens with two attached hydrogens (primary N) is 1. The van der Waals surface area contributed by atoms with Crippen molar-refractivity contribution in [3.63, 3.8) is 0 Å². The number of aromatic nitrogens is 4. The smallest absolute Gasteiger partial charge is 0.368 e. The molecule has 0 amide bonds. The molecular weight excluding hydrogens is 407 g/mol. The van der Waals surface area contributed by atoms with E-state index in [1.54, 1.807) is 18.2 Å². The first-order chi connectivity index (χ1) is 14.9. The molecule has 162 valence electrons. The Bertz CT molecular complexity index is 1090. The van der Waals surface area contributed by atoms with E-state index >= 15 is 0 Å². The standard InChI is InChI=1S/C21H22F3N7/c22-21(23,24)14-5-2-1-4-13(14)16-6-3-9-31(16)19-11-17(27-20(25)28-19)26-18-10-15(29-30-18)12-7-8-12/h1-2,4-5,10-12,16H,3,6-9H2,(H4,25,26,27,28,29,30). The Kier molecular flexibility index (Phi) is 4.71. The van der Waals surface area contributed by atoms with E-state index in [9.17, 15) is 13.2 Å². The van der Waals surface area contributed by atoms with Gasteiger partial charge in [0.1, 0.15) is 11.6 Å². The average molecular weight is 429 g/mol. The van der Waals surface area contributed by atoms with Crippen molar-refractivity contribution in [3.05, 3.63) is 53.2 Å². The van der Waals surface area contributed by atoms with Gasteiger partial charge in [0, 0.05) is 30.3 Å². The molecule has 3 heterocycles. The van der Waals surface area contributed by atoms with E-state index in [2.05, 4.69) is 25.5 Å². The molecule has 0 bridgehead atoms. The number of nitrogens with zero attached hydrogens (tertiary/aromatic N) is 4. The lowest BCUT2D eigenvalue weighted by Crippen LogP contribution is -2.26. The summed E-state index contributed by atoms with van der Waals surface area (Å²) >= 11 is 0. The number of H-pyrrole nitrogens is 1. The van der Waals surface area contributed by atoms with E-state index in [0.717, 1.165) is 31.0 Å². The van der Waals surface area contributed by atoms with Gasteiger partial charge in [-0.3, -0.25) is 5.10 Å². The normalized spacial score (nSPS) is 19.1. The zero-order chi connectivity index (χ0) is 21.6. The lowest BCUT2D eigenvalue weighted by Gasteiger charge is -2.28. The van der Waals surface area contributed by atoms with Crippen LogP contribution in [0.1, 0.15) is 54.5 Å². The molecule has 5 rings (SSSR count). The molecule has 10 heteroatoms. The number of nitrogens with one attached hydrogen (secondary N) is 2. The van der Waals surface area contributed by atoms with Crippen LogP contribution in [0.3, 0.4) is 0 Å². The van der Waals surface area contributed by atoms with Crippen molar-refractivity contribution in [1.82, 2.24) is 20.2 Å². The van der Waals surface area contributed by atoms with E-state index in [-0.39, 0.29) is 11.5 Å². The molecule has 1 atom stereocenters. The number of rotatable bonds is 5. The SMILES string of the molecule is Nc1nc(Nc2cc(C3CC3)[nH]n2)cc(N2CCCC2c2ccccc2C(F)(F)F)n1. The minimum Gasteiger partial charge on any atom is -0.368 e. The van der Waals surface area contributed by atoms with Crippen LogP contribution in [0.4, 0.5) is 36.6 Å². The molecule has 4 N–H and O–H groups in total. The van der Waals surface area contributed by atoms with Crippen LogP contribution < -0.4 is 16.0 Å². The predicted octanol–water partition coefficient (Wildman–Crippen LogP) is 4.76. The van der Waals surface area contributed by atoms with Crippen molar-refractivity contribution >= 4 is 23.4 Å². The zero-order valence-corrected chi connectivity index (χ0v) is 16.7. The van der Waals surface area contributed by atoms with Crippen LogP contribution in [0.15, 0.2) is 36.4 Å². The molecule has 0 spiro atoms. The lowest BCUT2D eigenvalue weighted by atomic mass is 9.98. The highest BCUT2D eigenvalue weighted by Crippen LogP contribution is 2.42. The maximum atomic E-state index is 13.6. The molecular formula is C21H22F3N7. The molecule has 0 radical (unpaired) electrons. The highest BCUT2D eigenvalue weighted by atomic mass is 19.4. The molecule has 1 saturated carbocycles. The summed E-state index contributed by atoms with van der Waals surface area (Å²) in [5.41, 5.74) is 6.64. The molecule has 7 nitrogen and oxygen atoms in total. The van der Waals surface area contributed by atoms with Gasteiger partial charge < -0.3 is 16.0 Å². The summed E-state index contributed by atoms with van der Waals surface area (Å²) in [7, 11) is 0. The average Bonchev–Trinajstić information content (AvgIpc) is 3.27. The summed E-state index contributed by atoms with van der Waals surface area (Å²) in [5, 5.41) is 10.4. The third-order valence-electron chi connectivity index (χ3n) is 5.77. The second-order valence-electron chi connectivity index (χ2n) is 8.01. The van der Waals surface area contributed by atoms with Gasteiger partial charge in [-0.25, -0.2) is 0 Å². The molecule has 2 aromatic heterocycles. The zero-order valence-electron chi connectivity index (χ0n) is 16.7. The minimum atomic E-state index is -4.42. The Morgan fingerprint density at radius 1 is 1.06 bits per heavy atom. The molecule has 1 aliphatic carbocycles. The fourth-order valence-corrected chi connectivity index (χ4v) is 4.21. The van der Waals surface area contributed by atoms with Gasteiger partial charge in [-0.1, -0.05) is 18.2 Å². The Morgan fingerprint density at radius 3 is 2.65 bits per heavy atom. The highest BCUT2D eigenvalue weighted by Gasteiger charge is 2.38. The number of hydrogen-bond donors (Lipinski definition) is 3. The molecule has 1 aliphatic heterocycles. The Hall–Kier alpha value is -3.30. The summed E-state index contributed by atoms with van der Waals surface area (Å²) < 4.78 is 40.7. The monoisotopic (exact) mass is 429 g/mol. The Labute approximate surface area is 176 Å². The third kappa shape index (κ3) is 4.01. The highest BCUT2D eigenvalue weighted by molar-refractivity contribution is 5.60. The first-order valence-electron chi connectivity index (χ1n) is 10.3. The third-order valence-corrected chi connectivity index (χ3v) is 5.77. The minimum absolute atomic E-state index is 0.0488. The largest absolute Gasteiger partial charge is 0.416 e. The quantitative estimate of drug-likeness (QED) is 0.541. The van der Waals surface area contributed by atoms with Gasteiger partial charge in [-0.05, 0) is 37.3 Å². The van der Waals surface area contributed by atoms with Crippen molar-refractivity contribution in [2.45, 2.75) is 43.8 Å². The number of hydrogen-bond acceptors (Lipinski definition) is 6. The summed E-state index contributed by atoms with van der Waals surface area (Å²) in [4.78, 5) is 10.4. The Balaban J connectivity index is 1.44. The van der Waals surface area contributed by atoms with E-state index in [4.69, 9.17) is 5.73 Å². The molecule has 3 aromatic rings. The first kappa shape index (κ1) is 19.7. The lowest BCUT2D eigenvalue weighted by molar-refractivity contribution is -0.138. The van der Waals surface area contributed by atoms with Gasteiger partial charge in [-0.2, -0.15) is 28.2 Å². The van der Waals surface area contributed by atoms with Crippen LogP contribution in [0, 0.1) is 0 Å². The predicted molar refractivity (Wildman–Crippen MR) is 111 cm³/mol. The van der Waals surface area contributed by atoms with Gasteiger partial charge in [0.2, 0.25) is 5.95 Å². The maximum absolute atomic E-state index is 13.6. The maximum Gasteiger partial charge on any atom is 0.416 e. The van der Waals surface area contributed by atoms with Gasteiger partial charge in [0.15, 0.2) is 5.82 Å². The second-order valence-corrected chi connectivity index (χ2v) is 8.01. The van der Waals surface area contributed by atoms with Crippen molar-refractivity contribution in [3.8, 4) is 0 Å². The van der Waals surface area contributed by atoms with Crippen molar-refractivity contribution in [1.29, 1.82) is 0 Å². The van der Waals surface area contributed by atoms with Gasteiger partial charge in [0.05, 0.1) is 11.6 Å². The molecule has 1 unspecified atom stereocenters. The number of benzene rings is 1. The fraction of sp³-hybridized carbons (Fsp3) is 0.381. The van der Waals surface area contributed by atoms with Crippen LogP contribution in [-0.2, 0) is 6.18 Å². The number of halogens is 3. The van der Waals surface area contributed by atoms with E-state index in [0.29, 0.717) is 36.3 Å². The fourth-order valence-electron chi connectivity index (χ4n) is 4.21. The number of aromatic amines is 1. The van der Waals surface area contributed by atoms with Crippen molar-refractivity contribution in [2.24, 2.45) is 0 Å². The molecule has 2 aliphatic rings. The second kappa shape index (κ2) is 7.44. The van der Waals surface area contributed by atoms with Crippen molar-refractivity contribution < 1.29 is 13.2 Å². The Morgan fingerprint density at radius 2 is 1.87 bits per heavy atom. The number of nitrogen functional groups attached to an aromatic ring is 1. The number of alkyl halides is 3. The van der Waals surface area contributed by atoms with Gasteiger partial charge in [-0.15, -0.1) is 0 Å². The van der Waals surface area contributed by atoms with Gasteiger partial charge >= 0.3 is 6.18 Å². The molecule has 1 saturated heterocycles. The van der Waals surface area contributed by atoms with E-state index in [1.807, 2.05) is 11.0 Å². The van der Waals surface area contributed by atoms with E-state index < -0.39 is 17.8 Å². The summed E-state index contributed by atoms with van der Waals surface area (Å²) in [6.45, 7) is 0.584. The topological polar surface area (TPSA) is 95.7 Å². The summed E-state index contributed by atoms with van der Waals surface area (Å²) in [6, 6.07) is 8.92. The van der Waals surface area contributed by atoms with Crippen LogP contribution in [-0.4, -0.2) is 26.7 Å². The summed E-state index contributed by atoms with van der Waals surface area (Å²) in [6.07, 6.45) is -0.747.